The van der Waals surface area contributed by atoms with E-state index in [0.29, 0.717) is 23.6 Å². The maximum atomic E-state index is 13.5. The number of ether oxygens (including phenoxy) is 3. The lowest BCUT2D eigenvalue weighted by Gasteiger charge is -2.26. The second-order valence-corrected chi connectivity index (χ2v) is 9.14. The number of methoxy groups -OCH3 is 2. The SMILES string of the molecule is CCOc1cc(C2/C(=C(\O)c3ccc(OC)cc3OC)C(=O)C(=O)N2c2ccc(C(C)C)cc2)ccc1O. The Hall–Kier alpha value is -4.46. The maximum Gasteiger partial charge on any atom is 0.300 e. The molecule has 2 N–H and O–H groups in total. The van der Waals surface area contributed by atoms with E-state index in [1.165, 1.54) is 25.2 Å². The Kier molecular flexibility index (Phi) is 7.62. The summed E-state index contributed by atoms with van der Waals surface area (Å²) in [4.78, 5) is 28.4. The van der Waals surface area contributed by atoms with Crippen molar-refractivity contribution in [2.45, 2.75) is 32.7 Å². The molecule has 0 saturated carbocycles. The van der Waals surface area contributed by atoms with Crippen LogP contribution < -0.4 is 19.1 Å². The molecule has 198 valence electrons. The van der Waals surface area contributed by atoms with Gasteiger partial charge in [0.2, 0.25) is 0 Å². The minimum atomic E-state index is -0.994. The summed E-state index contributed by atoms with van der Waals surface area (Å²) in [6.07, 6.45) is 0. The fourth-order valence-electron chi connectivity index (χ4n) is 4.55. The van der Waals surface area contributed by atoms with E-state index in [2.05, 4.69) is 13.8 Å². The smallest absolute Gasteiger partial charge is 0.300 e. The maximum absolute atomic E-state index is 13.5. The molecule has 0 radical (unpaired) electrons. The van der Waals surface area contributed by atoms with Crippen molar-refractivity contribution in [1.29, 1.82) is 0 Å². The highest BCUT2D eigenvalue weighted by Gasteiger charge is 2.47. The summed E-state index contributed by atoms with van der Waals surface area (Å²) < 4.78 is 16.3. The number of ketones is 1. The number of carbonyl (C=O) groups is 2. The molecule has 0 bridgehead atoms. The number of aromatic hydroxyl groups is 1. The number of aliphatic hydroxyl groups excluding tert-OH is 1. The molecule has 8 heteroatoms. The molecule has 1 saturated heterocycles. The molecule has 1 amide bonds. The van der Waals surface area contributed by atoms with Gasteiger partial charge in [-0.3, -0.25) is 14.5 Å². The summed E-state index contributed by atoms with van der Waals surface area (Å²) in [5, 5.41) is 21.8. The van der Waals surface area contributed by atoms with Gasteiger partial charge in [-0.1, -0.05) is 32.0 Å². The zero-order chi connectivity index (χ0) is 27.6. The number of Topliss-reactive ketones (excluding diaryl/α,β-unsaturated/α-hetero) is 1. The van der Waals surface area contributed by atoms with Crippen molar-refractivity contribution < 1.29 is 34.0 Å². The molecule has 1 heterocycles. The van der Waals surface area contributed by atoms with Crippen LogP contribution in [0, 0.1) is 0 Å². The Balaban J connectivity index is 1.96. The van der Waals surface area contributed by atoms with E-state index < -0.39 is 17.7 Å². The molecule has 1 aliphatic heterocycles. The summed E-state index contributed by atoms with van der Waals surface area (Å²) in [6.45, 7) is 6.21. The zero-order valence-electron chi connectivity index (χ0n) is 22.0. The zero-order valence-corrected chi connectivity index (χ0v) is 22.0. The number of anilines is 1. The van der Waals surface area contributed by atoms with Gasteiger partial charge in [-0.2, -0.15) is 0 Å². The van der Waals surface area contributed by atoms with E-state index in [4.69, 9.17) is 14.2 Å². The Labute approximate surface area is 221 Å². The third-order valence-corrected chi connectivity index (χ3v) is 6.55. The number of hydrogen-bond donors (Lipinski definition) is 2. The fraction of sp³-hybridized carbons (Fsp3) is 0.267. The summed E-state index contributed by atoms with van der Waals surface area (Å²) in [6, 6.07) is 15.8. The number of nitrogens with zero attached hydrogens (tertiary/aromatic N) is 1. The molecular formula is C30H31NO7. The molecule has 0 aromatic heterocycles. The molecule has 1 unspecified atom stereocenters. The van der Waals surface area contributed by atoms with E-state index in [0.717, 1.165) is 5.56 Å². The molecule has 0 spiro atoms. The Bertz CT molecular complexity index is 1390. The van der Waals surface area contributed by atoms with Crippen molar-refractivity contribution in [1.82, 2.24) is 0 Å². The van der Waals surface area contributed by atoms with Gasteiger partial charge in [0.25, 0.3) is 11.7 Å². The van der Waals surface area contributed by atoms with Crippen LogP contribution in [0.5, 0.6) is 23.0 Å². The number of phenols is 1. The van der Waals surface area contributed by atoms with E-state index in [9.17, 15) is 19.8 Å². The first-order valence-corrected chi connectivity index (χ1v) is 12.3. The first-order chi connectivity index (χ1) is 18.2. The minimum absolute atomic E-state index is 0.0781. The number of amides is 1. The summed E-state index contributed by atoms with van der Waals surface area (Å²) >= 11 is 0. The second kappa shape index (κ2) is 10.9. The van der Waals surface area contributed by atoms with Crippen LogP contribution in [0.25, 0.3) is 5.76 Å². The van der Waals surface area contributed by atoms with Crippen LogP contribution in [-0.2, 0) is 9.59 Å². The van der Waals surface area contributed by atoms with Gasteiger partial charge >= 0.3 is 0 Å². The molecule has 0 aliphatic carbocycles. The molecule has 1 atom stereocenters. The number of rotatable bonds is 8. The highest BCUT2D eigenvalue weighted by Crippen LogP contribution is 2.45. The van der Waals surface area contributed by atoms with E-state index in [1.807, 2.05) is 12.1 Å². The predicted octanol–water partition coefficient (Wildman–Crippen LogP) is 5.56. The number of carbonyl (C=O) groups excluding carboxylic acids is 2. The van der Waals surface area contributed by atoms with Crippen molar-refractivity contribution in [3.8, 4) is 23.0 Å². The standard InChI is InChI=1S/C30H31NO7/c1-6-38-25-15-19(9-14-23(25)32)27-26(28(33)22-13-12-21(36-4)16-24(22)37-5)29(34)30(35)31(27)20-10-7-18(8-11-20)17(2)3/h7-17,27,32-33H,6H2,1-5H3/b28-26+. The molecule has 1 aliphatic rings. The molecule has 8 nitrogen and oxygen atoms in total. The van der Waals surface area contributed by atoms with Gasteiger partial charge in [-0.05, 0) is 60.4 Å². The topological polar surface area (TPSA) is 106 Å². The summed E-state index contributed by atoms with van der Waals surface area (Å²) in [5.74, 6) is -0.840. The van der Waals surface area contributed by atoms with Crippen molar-refractivity contribution in [3.05, 3.63) is 82.9 Å². The van der Waals surface area contributed by atoms with Crippen LogP contribution in [0.1, 0.15) is 49.4 Å². The van der Waals surface area contributed by atoms with Gasteiger partial charge in [-0.25, -0.2) is 0 Å². The predicted molar refractivity (Wildman–Crippen MR) is 144 cm³/mol. The van der Waals surface area contributed by atoms with Gasteiger partial charge in [0.15, 0.2) is 11.5 Å². The average Bonchev–Trinajstić information content (AvgIpc) is 3.19. The molecule has 1 fully saturated rings. The van der Waals surface area contributed by atoms with Crippen LogP contribution in [0.3, 0.4) is 0 Å². The first-order valence-electron chi connectivity index (χ1n) is 12.3. The summed E-state index contributed by atoms with van der Waals surface area (Å²) in [7, 11) is 2.94. The Morgan fingerprint density at radius 3 is 2.26 bits per heavy atom. The quantitative estimate of drug-likeness (QED) is 0.229. The molecule has 3 aromatic carbocycles. The van der Waals surface area contributed by atoms with Crippen LogP contribution in [0.15, 0.2) is 66.2 Å². The third-order valence-electron chi connectivity index (χ3n) is 6.55. The summed E-state index contributed by atoms with van der Waals surface area (Å²) in [5.41, 5.74) is 2.17. The highest BCUT2D eigenvalue weighted by molar-refractivity contribution is 6.51. The number of aliphatic hydroxyl groups is 1. The lowest BCUT2D eigenvalue weighted by atomic mass is 9.94. The fourth-order valence-corrected chi connectivity index (χ4v) is 4.55. The van der Waals surface area contributed by atoms with Crippen LogP contribution in [0.2, 0.25) is 0 Å². The Morgan fingerprint density at radius 2 is 1.66 bits per heavy atom. The first kappa shape index (κ1) is 26.6. The molecule has 4 rings (SSSR count). The number of phenolic OH excluding ortho intramolecular Hbond substituents is 1. The van der Waals surface area contributed by atoms with Crippen molar-refractivity contribution in [3.63, 3.8) is 0 Å². The van der Waals surface area contributed by atoms with Gasteiger partial charge in [0, 0.05) is 11.8 Å². The van der Waals surface area contributed by atoms with Crippen LogP contribution >= 0.6 is 0 Å². The lowest BCUT2D eigenvalue weighted by molar-refractivity contribution is -0.132. The van der Waals surface area contributed by atoms with Gasteiger partial charge in [0.1, 0.15) is 17.3 Å². The monoisotopic (exact) mass is 517 g/mol. The lowest BCUT2D eigenvalue weighted by Crippen LogP contribution is -2.29. The third kappa shape index (κ3) is 4.77. The molecular weight excluding hydrogens is 486 g/mol. The van der Waals surface area contributed by atoms with Crippen LogP contribution in [-0.4, -0.2) is 42.7 Å². The average molecular weight is 518 g/mol. The van der Waals surface area contributed by atoms with Crippen molar-refractivity contribution in [2.24, 2.45) is 0 Å². The van der Waals surface area contributed by atoms with Crippen molar-refractivity contribution >= 4 is 23.1 Å². The van der Waals surface area contributed by atoms with Crippen LogP contribution in [0.4, 0.5) is 5.69 Å². The van der Waals surface area contributed by atoms with Gasteiger partial charge in [0.05, 0.1) is 38.0 Å². The number of hydrogen-bond acceptors (Lipinski definition) is 7. The Morgan fingerprint density at radius 1 is 0.947 bits per heavy atom. The van der Waals surface area contributed by atoms with Gasteiger partial charge < -0.3 is 24.4 Å². The normalized spacial score (nSPS) is 16.7. The largest absolute Gasteiger partial charge is 0.507 e. The van der Waals surface area contributed by atoms with E-state index in [-0.39, 0.29) is 40.1 Å². The second-order valence-electron chi connectivity index (χ2n) is 9.14. The molecule has 38 heavy (non-hydrogen) atoms. The number of benzene rings is 3. The van der Waals surface area contributed by atoms with E-state index >= 15 is 0 Å². The highest BCUT2D eigenvalue weighted by atomic mass is 16.5. The van der Waals surface area contributed by atoms with Crippen molar-refractivity contribution in [2.75, 3.05) is 25.7 Å². The minimum Gasteiger partial charge on any atom is -0.507 e. The molecule has 3 aromatic rings. The van der Waals surface area contributed by atoms with Gasteiger partial charge in [-0.15, -0.1) is 0 Å². The van der Waals surface area contributed by atoms with E-state index in [1.54, 1.807) is 49.4 Å².